The van der Waals surface area contributed by atoms with Crippen LogP contribution in [-0.4, -0.2) is 41.5 Å². The van der Waals surface area contributed by atoms with Crippen LogP contribution < -0.4 is 14.8 Å². The number of anilines is 1. The maximum absolute atomic E-state index is 12.6. The summed E-state index contributed by atoms with van der Waals surface area (Å²) in [5, 5.41) is 2.24. The minimum absolute atomic E-state index is 0.157. The minimum atomic E-state index is -0.495. The van der Waals surface area contributed by atoms with Gasteiger partial charge in [0.2, 0.25) is 12.7 Å². The first-order chi connectivity index (χ1) is 14.0. The number of ether oxygens (including phenoxy) is 2. The van der Waals surface area contributed by atoms with Crippen LogP contribution in [0, 0.1) is 0 Å². The monoisotopic (exact) mass is 428 g/mol. The summed E-state index contributed by atoms with van der Waals surface area (Å²) in [5.41, 5.74) is 1.32. The third-order valence-corrected chi connectivity index (χ3v) is 5.86. The van der Waals surface area contributed by atoms with Crippen molar-refractivity contribution in [2.24, 2.45) is 0 Å². The Morgan fingerprint density at radius 2 is 2.03 bits per heavy atom. The molecule has 0 aromatic heterocycles. The van der Waals surface area contributed by atoms with Crippen LogP contribution in [0.5, 0.6) is 11.5 Å². The van der Waals surface area contributed by atoms with E-state index in [-0.39, 0.29) is 18.2 Å². The number of hydrogen-bond acceptors (Lipinski definition) is 7. The number of benzene rings is 2. The van der Waals surface area contributed by atoms with Crippen LogP contribution in [0.2, 0.25) is 0 Å². The van der Waals surface area contributed by atoms with Crippen molar-refractivity contribution in [3.63, 3.8) is 0 Å². The van der Waals surface area contributed by atoms with E-state index in [1.807, 2.05) is 24.5 Å². The van der Waals surface area contributed by atoms with Crippen molar-refractivity contribution in [3.8, 4) is 11.5 Å². The molecule has 2 aliphatic rings. The Labute approximate surface area is 175 Å². The summed E-state index contributed by atoms with van der Waals surface area (Å²) in [4.78, 5) is 39.4. The number of carbonyl (C=O) groups is 3. The zero-order valence-electron chi connectivity index (χ0n) is 15.3. The lowest BCUT2D eigenvalue weighted by Crippen LogP contribution is -2.36. The van der Waals surface area contributed by atoms with Gasteiger partial charge in [0.05, 0.1) is 4.91 Å². The zero-order valence-corrected chi connectivity index (χ0v) is 17.0. The van der Waals surface area contributed by atoms with E-state index in [9.17, 15) is 14.4 Å². The van der Waals surface area contributed by atoms with E-state index < -0.39 is 17.1 Å². The number of rotatable bonds is 5. The zero-order chi connectivity index (χ0) is 20.4. The molecule has 2 aromatic rings. The van der Waals surface area contributed by atoms with Gasteiger partial charge in [-0.25, -0.2) is 0 Å². The molecule has 4 rings (SSSR count). The topological polar surface area (TPSA) is 84.9 Å². The maximum Gasteiger partial charge on any atom is 0.294 e. The van der Waals surface area contributed by atoms with E-state index in [1.54, 1.807) is 42.1 Å². The van der Waals surface area contributed by atoms with Crippen LogP contribution in [0.3, 0.4) is 0 Å². The van der Waals surface area contributed by atoms with Gasteiger partial charge in [-0.1, -0.05) is 12.1 Å². The SMILES string of the molecule is CSc1cccc(NC(=O)CN2C(=O)S/C(=C/c3ccc4c(c3)OCO4)C2=O)c1. The molecule has 0 atom stereocenters. The lowest BCUT2D eigenvalue weighted by Gasteiger charge is -2.12. The molecular formula is C20H16N2O5S2. The summed E-state index contributed by atoms with van der Waals surface area (Å²) in [7, 11) is 0. The number of hydrogen-bond donors (Lipinski definition) is 1. The van der Waals surface area contributed by atoms with Gasteiger partial charge in [-0.2, -0.15) is 0 Å². The Kier molecular flexibility index (Phi) is 5.50. The fourth-order valence-corrected chi connectivity index (χ4v) is 4.13. The summed E-state index contributed by atoms with van der Waals surface area (Å²) >= 11 is 2.36. The number of nitrogens with one attached hydrogen (secondary N) is 1. The number of amides is 3. The first-order valence-corrected chi connectivity index (χ1v) is 10.7. The Balaban J connectivity index is 1.44. The van der Waals surface area contributed by atoms with E-state index in [2.05, 4.69) is 5.32 Å². The summed E-state index contributed by atoms with van der Waals surface area (Å²) in [6, 6.07) is 12.6. The fraction of sp³-hybridized carbons (Fsp3) is 0.150. The van der Waals surface area contributed by atoms with Gasteiger partial charge < -0.3 is 14.8 Å². The van der Waals surface area contributed by atoms with Crippen molar-refractivity contribution in [1.82, 2.24) is 4.90 Å². The molecule has 0 bridgehead atoms. The predicted octanol–water partition coefficient (Wildman–Crippen LogP) is 3.81. The lowest BCUT2D eigenvalue weighted by atomic mass is 10.2. The molecule has 1 N–H and O–H groups in total. The van der Waals surface area contributed by atoms with E-state index in [1.165, 1.54) is 0 Å². The highest BCUT2D eigenvalue weighted by atomic mass is 32.2. The van der Waals surface area contributed by atoms with Crippen molar-refractivity contribution in [3.05, 3.63) is 52.9 Å². The Hall–Kier alpha value is -2.91. The van der Waals surface area contributed by atoms with E-state index in [4.69, 9.17) is 9.47 Å². The Morgan fingerprint density at radius 1 is 1.21 bits per heavy atom. The highest BCUT2D eigenvalue weighted by Gasteiger charge is 2.36. The number of imide groups is 1. The molecule has 0 spiro atoms. The second-order valence-corrected chi connectivity index (χ2v) is 8.03. The van der Waals surface area contributed by atoms with Crippen molar-refractivity contribution < 1.29 is 23.9 Å². The van der Waals surface area contributed by atoms with Crippen LogP contribution in [0.1, 0.15) is 5.56 Å². The van der Waals surface area contributed by atoms with Gasteiger partial charge in [0.15, 0.2) is 11.5 Å². The van der Waals surface area contributed by atoms with E-state index >= 15 is 0 Å². The van der Waals surface area contributed by atoms with Gasteiger partial charge >= 0.3 is 0 Å². The molecule has 9 heteroatoms. The molecule has 148 valence electrons. The number of thioether (sulfide) groups is 2. The molecule has 2 aliphatic heterocycles. The average Bonchev–Trinajstić information content (AvgIpc) is 3.28. The Bertz CT molecular complexity index is 1040. The third-order valence-electron chi connectivity index (χ3n) is 4.22. The molecular weight excluding hydrogens is 412 g/mol. The van der Waals surface area contributed by atoms with Gasteiger partial charge in [0, 0.05) is 10.6 Å². The second-order valence-electron chi connectivity index (χ2n) is 6.16. The quantitative estimate of drug-likeness (QED) is 0.572. The molecule has 0 saturated carbocycles. The smallest absolute Gasteiger partial charge is 0.294 e. The minimum Gasteiger partial charge on any atom is -0.454 e. The maximum atomic E-state index is 12.6. The third kappa shape index (κ3) is 4.25. The van der Waals surface area contributed by atoms with Crippen molar-refractivity contribution in [2.75, 3.05) is 24.9 Å². The molecule has 1 saturated heterocycles. The first-order valence-electron chi connectivity index (χ1n) is 8.62. The van der Waals surface area contributed by atoms with Gasteiger partial charge in [-0.05, 0) is 60.0 Å². The normalized spacial score (nSPS) is 16.6. The first kappa shape index (κ1) is 19.4. The van der Waals surface area contributed by atoms with E-state index in [0.29, 0.717) is 22.7 Å². The number of carbonyl (C=O) groups excluding carboxylic acids is 3. The molecule has 1 fully saturated rings. The van der Waals surface area contributed by atoms with Gasteiger partial charge in [-0.3, -0.25) is 19.3 Å². The van der Waals surface area contributed by atoms with Crippen LogP contribution in [0.15, 0.2) is 52.3 Å². The standard InChI is InChI=1S/C20H16N2O5S2/c1-28-14-4-2-3-13(9-14)21-18(23)10-22-19(24)17(29-20(22)25)8-12-5-6-15-16(7-12)27-11-26-15/h2-9H,10-11H2,1H3,(H,21,23)/b17-8+. The second kappa shape index (κ2) is 8.22. The van der Waals surface area contributed by atoms with Crippen LogP contribution in [-0.2, 0) is 9.59 Å². The van der Waals surface area contributed by atoms with Crippen molar-refractivity contribution in [1.29, 1.82) is 0 Å². The Morgan fingerprint density at radius 3 is 2.86 bits per heavy atom. The van der Waals surface area contributed by atoms with Crippen LogP contribution >= 0.6 is 23.5 Å². The van der Waals surface area contributed by atoms with Crippen molar-refractivity contribution in [2.45, 2.75) is 4.90 Å². The molecule has 2 heterocycles. The molecule has 0 radical (unpaired) electrons. The molecule has 2 aromatic carbocycles. The number of nitrogens with zero attached hydrogens (tertiary/aromatic N) is 1. The fourth-order valence-electron chi connectivity index (χ4n) is 2.84. The summed E-state index contributed by atoms with van der Waals surface area (Å²) in [5.74, 6) is 0.294. The average molecular weight is 428 g/mol. The predicted molar refractivity (Wildman–Crippen MR) is 112 cm³/mol. The molecule has 3 amide bonds. The van der Waals surface area contributed by atoms with Gasteiger partial charge in [0.25, 0.3) is 11.1 Å². The highest BCUT2D eigenvalue weighted by molar-refractivity contribution is 8.18. The number of fused-ring (bicyclic) bond motifs is 1. The summed E-state index contributed by atoms with van der Waals surface area (Å²) in [6.45, 7) is -0.184. The van der Waals surface area contributed by atoms with E-state index in [0.717, 1.165) is 21.6 Å². The molecule has 7 nitrogen and oxygen atoms in total. The lowest BCUT2D eigenvalue weighted by molar-refractivity contribution is -0.127. The summed E-state index contributed by atoms with van der Waals surface area (Å²) in [6.07, 6.45) is 3.54. The van der Waals surface area contributed by atoms with Crippen LogP contribution in [0.25, 0.3) is 6.08 Å². The summed E-state index contributed by atoms with van der Waals surface area (Å²) < 4.78 is 10.6. The van der Waals surface area contributed by atoms with Crippen molar-refractivity contribution >= 4 is 52.3 Å². The van der Waals surface area contributed by atoms with Gasteiger partial charge in [-0.15, -0.1) is 11.8 Å². The molecule has 29 heavy (non-hydrogen) atoms. The molecule has 0 unspecified atom stereocenters. The van der Waals surface area contributed by atoms with Crippen LogP contribution in [0.4, 0.5) is 10.5 Å². The molecule has 0 aliphatic carbocycles. The van der Waals surface area contributed by atoms with Gasteiger partial charge in [0.1, 0.15) is 6.54 Å². The highest BCUT2D eigenvalue weighted by Crippen LogP contribution is 2.36. The largest absolute Gasteiger partial charge is 0.454 e.